The number of likely N-dealkylation sites (tertiary alicyclic amines) is 1. The van der Waals surface area contributed by atoms with Gasteiger partial charge < -0.3 is 9.64 Å². The van der Waals surface area contributed by atoms with Crippen LogP contribution >= 0.6 is 0 Å². The minimum absolute atomic E-state index is 0.101. The lowest BCUT2D eigenvalue weighted by Crippen LogP contribution is -2.54. The SMILES string of the molecule is CCS(=O)(=O)N[C@@H]1[C@H](Cc2cccc(-c3cc(F)cc(F)c3)c2)N(C(=O)C2CCO2)CC1(F)F. The van der Waals surface area contributed by atoms with Crippen LogP contribution in [0, 0.1) is 11.6 Å². The van der Waals surface area contributed by atoms with Crippen molar-refractivity contribution in [3.8, 4) is 11.1 Å². The third-order valence-corrected chi connectivity index (χ3v) is 7.51. The summed E-state index contributed by atoms with van der Waals surface area (Å²) in [6.45, 7) is 0.739. The molecule has 0 spiro atoms. The summed E-state index contributed by atoms with van der Waals surface area (Å²) in [6.07, 6.45) is -0.530. The molecule has 0 bridgehead atoms. The lowest BCUT2D eigenvalue weighted by Gasteiger charge is -2.33. The minimum Gasteiger partial charge on any atom is -0.368 e. The van der Waals surface area contributed by atoms with E-state index in [0.717, 1.165) is 23.1 Å². The van der Waals surface area contributed by atoms with E-state index in [4.69, 9.17) is 4.74 Å². The summed E-state index contributed by atoms with van der Waals surface area (Å²) in [7, 11) is -4.00. The molecule has 1 unspecified atom stereocenters. The number of hydrogen-bond acceptors (Lipinski definition) is 4. The van der Waals surface area contributed by atoms with Crippen LogP contribution in [-0.2, 0) is 26.0 Å². The van der Waals surface area contributed by atoms with Gasteiger partial charge in [0.1, 0.15) is 23.8 Å². The molecule has 3 atom stereocenters. The van der Waals surface area contributed by atoms with Crippen LogP contribution in [0.25, 0.3) is 11.1 Å². The first-order valence-corrected chi connectivity index (χ1v) is 12.5. The number of rotatable bonds is 7. The van der Waals surface area contributed by atoms with Crippen molar-refractivity contribution in [1.29, 1.82) is 0 Å². The molecule has 0 aromatic heterocycles. The summed E-state index contributed by atoms with van der Waals surface area (Å²) in [4.78, 5) is 13.9. The number of carbonyl (C=O) groups is 1. The molecular formula is C23H24F4N2O4S. The van der Waals surface area contributed by atoms with Gasteiger partial charge in [-0.2, -0.15) is 0 Å². The lowest BCUT2D eigenvalue weighted by atomic mass is 9.95. The van der Waals surface area contributed by atoms with Crippen molar-refractivity contribution >= 4 is 15.9 Å². The predicted octanol–water partition coefficient (Wildman–Crippen LogP) is 3.12. The molecule has 0 saturated carbocycles. The second kappa shape index (κ2) is 9.27. The Bertz CT molecular complexity index is 1170. The summed E-state index contributed by atoms with van der Waals surface area (Å²) < 4.78 is 89.0. The van der Waals surface area contributed by atoms with Gasteiger partial charge in [0, 0.05) is 12.5 Å². The third kappa shape index (κ3) is 5.11. The maximum Gasteiger partial charge on any atom is 0.283 e. The van der Waals surface area contributed by atoms with Crippen molar-refractivity contribution in [3.05, 3.63) is 59.7 Å². The van der Waals surface area contributed by atoms with E-state index >= 15 is 8.78 Å². The zero-order chi connectivity index (χ0) is 24.7. The summed E-state index contributed by atoms with van der Waals surface area (Å²) in [6, 6.07) is 6.44. The fourth-order valence-corrected chi connectivity index (χ4v) is 5.15. The van der Waals surface area contributed by atoms with Gasteiger partial charge in [0.25, 0.3) is 11.8 Å². The Balaban J connectivity index is 1.68. The molecule has 1 amide bonds. The molecule has 2 aromatic carbocycles. The van der Waals surface area contributed by atoms with E-state index in [2.05, 4.69) is 4.72 Å². The molecule has 6 nitrogen and oxygen atoms in total. The monoisotopic (exact) mass is 500 g/mol. The quantitative estimate of drug-likeness (QED) is 0.593. The number of sulfonamides is 1. The Labute approximate surface area is 194 Å². The number of hydrogen-bond donors (Lipinski definition) is 1. The molecule has 0 aliphatic carbocycles. The Kier molecular flexibility index (Phi) is 6.71. The largest absolute Gasteiger partial charge is 0.368 e. The second-order valence-corrected chi connectivity index (χ2v) is 10.5. The molecule has 184 valence electrons. The van der Waals surface area contributed by atoms with Crippen LogP contribution in [0.2, 0.25) is 0 Å². The summed E-state index contributed by atoms with van der Waals surface area (Å²) in [5.41, 5.74) is 1.21. The third-order valence-electron chi connectivity index (χ3n) is 6.13. The number of halogens is 4. The number of carbonyl (C=O) groups excluding carboxylic acids is 1. The molecule has 2 aliphatic rings. The standard InChI is InChI=1S/C23H24F4N2O4S/c1-2-34(31,32)28-21-19(29(13-23(21,26)27)22(30)20-6-7-33-20)9-14-4-3-5-15(8-14)16-10-17(24)12-18(25)11-16/h3-5,8,10-12,19-21,28H,2,6-7,9,13H2,1H3/t19-,20?,21+/m0/s1. The van der Waals surface area contributed by atoms with E-state index in [1.165, 1.54) is 6.92 Å². The Morgan fingerprint density at radius 2 is 1.82 bits per heavy atom. The van der Waals surface area contributed by atoms with Gasteiger partial charge in [-0.1, -0.05) is 24.3 Å². The van der Waals surface area contributed by atoms with Crippen molar-refractivity contribution in [2.75, 3.05) is 18.9 Å². The average molecular weight is 501 g/mol. The summed E-state index contributed by atoms with van der Waals surface area (Å²) >= 11 is 0. The van der Waals surface area contributed by atoms with Crippen molar-refractivity contribution in [1.82, 2.24) is 9.62 Å². The molecule has 34 heavy (non-hydrogen) atoms. The molecule has 4 rings (SSSR count). The molecule has 2 heterocycles. The van der Waals surface area contributed by atoms with Gasteiger partial charge in [-0.15, -0.1) is 0 Å². The fourth-order valence-electron chi connectivity index (χ4n) is 4.27. The van der Waals surface area contributed by atoms with Crippen LogP contribution in [-0.4, -0.2) is 62.2 Å². The van der Waals surface area contributed by atoms with E-state index in [-0.39, 0.29) is 12.0 Å². The summed E-state index contributed by atoms with van der Waals surface area (Å²) in [5, 5.41) is 0. The molecule has 2 aromatic rings. The number of nitrogens with one attached hydrogen (secondary N) is 1. The van der Waals surface area contributed by atoms with Crippen LogP contribution in [0.1, 0.15) is 18.9 Å². The Morgan fingerprint density at radius 1 is 1.15 bits per heavy atom. The van der Waals surface area contributed by atoms with Gasteiger partial charge in [-0.3, -0.25) is 4.79 Å². The number of amides is 1. The molecule has 1 N–H and O–H groups in total. The maximum atomic E-state index is 15.0. The van der Waals surface area contributed by atoms with Crippen LogP contribution in [0.15, 0.2) is 42.5 Å². The van der Waals surface area contributed by atoms with Gasteiger partial charge in [-0.25, -0.2) is 30.7 Å². The van der Waals surface area contributed by atoms with Crippen LogP contribution in [0.3, 0.4) is 0 Å². The number of ether oxygens (including phenoxy) is 1. The predicted molar refractivity (Wildman–Crippen MR) is 117 cm³/mol. The first kappa shape index (κ1) is 24.6. The van der Waals surface area contributed by atoms with Crippen molar-refractivity contribution in [2.45, 2.75) is 43.9 Å². The van der Waals surface area contributed by atoms with Crippen molar-refractivity contribution < 1.29 is 35.5 Å². The summed E-state index contributed by atoms with van der Waals surface area (Å²) in [5.74, 6) is -6.04. The van der Waals surface area contributed by atoms with Gasteiger partial charge in [0.05, 0.1) is 24.9 Å². The number of benzene rings is 2. The molecule has 2 fully saturated rings. The highest BCUT2D eigenvalue weighted by Crippen LogP contribution is 2.37. The first-order chi connectivity index (χ1) is 16.0. The maximum absolute atomic E-state index is 15.0. The van der Waals surface area contributed by atoms with E-state index in [1.807, 2.05) is 0 Å². The zero-order valence-corrected chi connectivity index (χ0v) is 19.1. The topological polar surface area (TPSA) is 75.7 Å². The van der Waals surface area contributed by atoms with E-state index < -0.39 is 64.0 Å². The smallest absolute Gasteiger partial charge is 0.283 e. The van der Waals surface area contributed by atoms with Crippen LogP contribution < -0.4 is 4.72 Å². The van der Waals surface area contributed by atoms with E-state index in [0.29, 0.717) is 24.2 Å². The normalized spacial score (nSPS) is 24.1. The molecule has 11 heteroatoms. The first-order valence-electron chi connectivity index (χ1n) is 10.8. The number of nitrogens with zero attached hydrogens (tertiary/aromatic N) is 1. The van der Waals surface area contributed by atoms with E-state index in [9.17, 15) is 22.0 Å². The van der Waals surface area contributed by atoms with Gasteiger partial charge >= 0.3 is 0 Å². The lowest BCUT2D eigenvalue weighted by molar-refractivity contribution is -0.158. The Hall–Kier alpha value is -2.50. The number of alkyl halides is 2. The highest BCUT2D eigenvalue weighted by molar-refractivity contribution is 7.89. The van der Waals surface area contributed by atoms with Gasteiger partial charge in [-0.05, 0) is 42.2 Å². The van der Waals surface area contributed by atoms with Crippen molar-refractivity contribution in [2.24, 2.45) is 0 Å². The molecule has 2 aliphatic heterocycles. The van der Waals surface area contributed by atoms with Crippen molar-refractivity contribution in [3.63, 3.8) is 0 Å². The van der Waals surface area contributed by atoms with E-state index in [1.54, 1.807) is 24.3 Å². The fraction of sp³-hybridized carbons (Fsp3) is 0.435. The molecular weight excluding hydrogens is 476 g/mol. The zero-order valence-electron chi connectivity index (χ0n) is 18.3. The molecule has 0 radical (unpaired) electrons. The average Bonchev–Trinajstić information content (AvgIpc) is 2.96. The van der Waals surface area contributed by atoms with Crippen LogP contribution in [0.5, 0.6) is 0 Å². The second-order valence-electron chi connectivity index (χ2n) is 8.50. The minimum atomic E-state index is -4.00. The Morgan fingerprint density at radius 3 is 2.41 bits per heavy atom. The van der Waals surface area contributed by atoms with Gasteiger partial charge in [0.15, 0.2) is 0 Å². The highest BCUT2D eigenvalue weighted by Gasteiger charge is 2.57. The molecule has 2 saturated heterocycles. The van der Waals surface area contributed by atoms with Crippen LogP contribution in [0.4, 0.5) is 17.6 Å². The van der Waals surface area contributed by atoms with Gasteiger partial charge in [0.2, 0.25) is 10.0 Å². The highest BCUT2D eigenvalue weighted by atomic mass is 32.2.